The number of imide groups is 1. The molecule has 3 aromatic rings. The fraction of sp³-hybridized carbons (Fsp3) is 0.217. The second-order valence-electron chi connectivity index (χ2n) is 7.82. The fourth-order valence-corrected chi connectivity index (χ4v) is 4.19. The molecule has 0 bridgehead atoms. The van der Waals surface area contributed by atoms with Crippen LogP contribution < -0.4 is 10.7 Å². The van der Waals surface area contributed by atoms with Crippen molar-refractivity contribution in [3.63, 3.8) is 0 Å². The lowest BCUT2D eigenvalue weighted by atomic mass is 9.92. The average Bonchev–Trinajstić information content (AvgIpc) is 3.35. The highest BCUT2D eigenvalue weighted by atomic mass is 32.1. The van der Waals surface area contributed by atoms with Crippen molar-refractivity contribution in [1.82, 2.24) is 20.7 Å². The minimum Gasteiger partial charge on any atom is -0.318 e. The van der Waals surface area contributed by atoms with E-state index < -0.39 is 23.4 Å². The molecule has 4 amide bonds. The zero-order chi connectivity index (χ0) is 22.2. The molecule has 1 aromatic heterocycles. The van der Waals surface area contributed by atoms with Gasteiger partial charge in [0.2, 0.25) is 0 Å². The number of hydrogen-bond donors (Lipinski definition) is 2. The molecule has 1 aliphatic rings. The molecule has 8 heteroatoms. The lowest BCUT2D eigenvalue weighted by molar-refractivity contribution is -0.132. The van der Waals surface area contributed by atoms with Crippen molar-refractivity contribution in [3.8, 4) is 10.6 Å². The van der Waals surface area contributed by atoms with Crippen LogP contribution in [0.3, 0.4) is 0 Å². The third-order valence-corrected chi connectivity index (χ3v) is 6.21. The molecule has 31 heavy (non-hydrogen) atoms. The molecular weight excluding hydrogens is 412 g/mol. The van der Waals surface area contributed by atoms with Crippen LogP contribution in [0.25, 0.3) is 10.6 Å². The lowest BCUT2D eigenvalue weighted by Gasteiger charge is -2.21. The smallest absolute Gasteiger partial charge is 0.318 e. The van der Waals surface area contributed by atoms with E-state index in [1.807, 2.05) is 30.3 Å². The number of amides is 4. The molecule has 0 aliphatic carbocycles. The van der Waals surface area contributed by atoms with Crippen molar-refractivity contribution >= 4 is 29.2 Å². The Labute approximate surface area is 184 Å². The Hall–Kier alpha value is -3.52. The van der Waals surface area contributed by atoms with E-state index in [1.165, 1.54) is 16.9 Å². The van der Waals surface area contributed by atoms with E-state index in [-0.39, 0.29) is 5.69 Å². The van der Waals surface area contributed by atoms with Crippen LogP contribution in [-0.4, -0.2) is 27.8 Å². The summed E-state index contributed by atoms with van der Waals surface area (Å²) in [6.07, 6.45) is 0. The van der Waals surface area contributed by atoms with Crippen molar-refractivity contribution < 1.29 is 14.4 Å². The molecule has 1 unspecified atom stereocenters. The number of aromatic nitrogens is 1. The first-order chi connectivity index (χ1) is 14.8. The van der Waals surface area contributed by atoms with Crippen molar-refractivity contribution in [3.05, 3.63) is 76.8 Å². The topological polar surface area (TPSA) is 91.4 Å². The van der Waals surface area contributed by atoms with E-state index in [9.17, 15) is 14.4 Å². The molecule has 1 atom stereocenters. The van der Waals surface area contributed by atoms with Gasteiger partial charge in [0.05, 0.1) is 0 Å². The summed E-state index contributed by atoms with van der Waals surface area (Å²) < 4.78 is 0. The van der Waals surface area contributed by atoms with Crippen molar-refractivity contribution in [2.24, 2.45) is 0 Å². The minimum atomic E-state index is -1.25. The molecule has 2 heterocycles. The van der Waals surface area contributed by atoms with Crippen molar-refractivity contribution in [2.75, 3.05) is 0 Å². The predicted molar refractivity (Wildman–Crippen MR) is 118 cm³/mol. The maximum Gasteiger partial charge on any atom is 0.344 e. The summed E-state index contributed by atoms with van der Waals surface area (Å²) in [7, 11) is 0. The summed E-state index contributed by atoms with van der Waals surface area (Å²) in [6, 6.07) is 16.2. The molecule has 2 aromatic carbocycles. The molecule has 158 valence electrons. The number of nitrogens with zero attached hydrogens (tertiary/aromatic N) is 2. The van der Waals surface area contributed by atoms with Gasteiger partial charge >= 0.3 is 6.03 Å². The monoisotopic (exact) mass is 434 g/mol. The molecule has 0 saturated carbocycles. The minimum absolute atomic E-state index is 0.141. The highest BCUT2D eigenvalue weighted by molar-refractivity contribution is 7.13. The molecule has 7 nitrogen and oxygen atoms in total. The predicted octanol–water partition coefficient (Wildman–Crippen LogP) is 4.05. The van der Waals surface area contributed by atoms with Gasteiger partial charge in [0.15, 0.2) is 0 Å². The van der Waals surface area contributed by atoms with Gasteiger partial charge in [-0.25, -0.2) is 9.78 Å². The third kappa shape index (κ3) is 3.82. The van der Waals surface area contributed by atoms with Crippen LogP contribution >= 0.6 is 11.3 Å². The van der Waals surface area contributed by atoms with Crippen LogP contribution in [0.5, 0.6) is 0 Å². The van der Waals surface area contributed by atoms with Crippen LogP contribution in [-0.2, 0) is 10.3 Å². The Bertz CT molecular complexity index is 1140. The Morgan fingerprint density at radius 1 is 1.10 bits per heavy atom. The summed E-state index contributed by atoms with van der Waals surface area (Å²) in [5.41, 5.74) is 4.03. The van der Waals surface area contributed by atoms with E-state index >= 15 is 0 Å². The Balaban J connectivity index is 1.50. The number of hydrazine groups is 1. The average molecular weight is 435 g/mol. The van der Waals surface area contributed by atoms with Crippen LogP contribution in [0.1, 0.15) is 48.3 Å². The number of nitrogens with one attached hydrogen (secondary N) is 2. The van der Waals surface area contributed by atoms with E-state index in [0.29, 0.717) is 21.5 Å². The number of benzene rings is 2. The fourth-order valence-electron chi connectivity index (χ4n) is 3.39. The van der Waals surface area contributed by atoms with Gasteiger partial charge in [0.1, 0.15) is 16.2 Å². The standard InChI is InChI=1S/C23H22N4O3S/c1-14(2)15-9-11-16(12-10-15)20-24-18(13-31-20)19(28)26-27-21(29)23(3,25-22(27)30)17-7-5-4-6-8-17/h4-14H,1-3H3,(H,25,30)(H,26,28). The maximum absolute atomic E-state index is 12.9. The van der Waals surface area contributed by atoms with E-state index in [1.54, 1.807) is 36.6 Å². The lowest BCUT2D eigenvalue weighted by Crippen LogP contribution is -2.48. The Morgan fingerprint density at radius 3 is 2.42 bits per heavy atom. The summed E-state index contributed by atoms with van der Waals surface area (Å²) in [4.78, 5) is 42.4. The summed E-state index contributed by atoms with van der Waals surface area (Å²) in [6.45, 7) is 5.86. The Morgan fingerprint density at radius 2 is 1.77 bits per heavy atom. The van der Waals surface area contributed by atoms with E-state index in [0.717, 1.165) is 5.56 Å². The molecule has 1 fully saturated rings. The van der Waals surface area contributed by atoms with Crippen LogP contribution in [0.4, 0.5) is 4.79 Å². The largest absolute Gasteiger partial charge is 0.344 e. The maximum atomic E-state index is 12.9. The number of thiazole rings is 1. The molecule has 0 radical (unpaired) electrons. The van der Waals surface area contributed by atoms with Gasteiger partial charge in [0.25, 0.3) is 11.8 Å². The number of rotatable bonds is 5. The second kappa shape index (κ2) is 7.96. The third-order valence-electron chi connectivity index (χ3n) is 5.32. The van der Waals surface area contributed by atoms with Gasteiger partial charge in [-0.15, -0.1) is 11.3 Å². The number of carbonyl (C=O) groups is 3. The highest BCUT2D eigenvalue weighted by Gasteiger charge is 2.50. The van der Waals surface area contributed by atoms with Crippen LogP contribution in [0, 0.1) is 0 Å². The summed E-state index contributed by atoms with van der Waals surface area (Å²) in [5, 5.41) is 5.66. The normalized spacial score (nSPS) is 18.4. The molecule has 2 N–H and O–H groups in total. The number of carbonyl (C=O) groups excluding carboxylic acids is 3. The molecule has 1 aliphatic heterocycles. The Kier molecular flexibility index (Phi) is 5.32. The molecule has 1 saturated heterocycles. The molecule has 0 spiro atoms. The van der Waals surface area contributed by atoms with Crippen LogP contribution in [0.2, 0.25) is 0 Å². The van der Waals surface area contributed by atoms with Gasteiger partial charge in [0, 0.05) is 10.9 Å². The molecule has 4 rings (SSSR count). The van der Waals surface area contributed by atoms with Gasteiger partial charge < -0.3 is 5.32 Å². The summed E-state index contributed by atoms with van der Waals surface area (Å²) >= 11 is 1.33. The van der Waals surface area contributed by atoms with Crippen molar-refractivity contribution in [1.29, 1.82) is 0 Å². The number of hydrogen-bond acceptors (Lipinski definition) is 5. The first-order valence-electron chi connectivity index (χ1n) is 9.88. The van der Waals surface area contributed by atoms with Gasteiger partial charge in [-0.05, 0) is 24.0 Å². The number of urea groups is 1. The second-order valence-corrected chi connectivity index (χ2v) is 8.68. The van der Waals surface area contributed by atoms with Crippen LogP contribution in [0.15, 0.2) is 60.0 Å². The summed E-state index contributed by atoms with van der Waals surface area (Å²) in [5.74, 6) is -0.753. The van der Waals surface area contributed by atoms with Gasteiger partial charge in [-0.2, -0.15) is 5.01 Å². The van der Waals surface area contributed by atoms with E-state index in [4.69, 9.17) is 0 Å². The molecular formula is C23H22N4O3S. The van der Waals surface area contributed by atoms with Gasteiger partial charge in [-0.1, -0.05) is 68.4 Å². The first-order valence-corrected chi connectivity index (χ1v) is 10.8. The zero-order valence-electron chi connectivity index (χ0n) is 17.4. The SMILES string of the molecule is CC(C)c1ccc(-c2nc(C(=O)NN3C(=O)NC(C)(c4ccccc4)C3=O)cs2)cc1. The quantitative estimate of drug-likeness (QED) is 0.593. The first kappa shape index (κ1) is 20.7. The highest BCUT2D eigenvalue weighted by Crippen LogP contribution is 2.28. The van der Waals surface area contributed by atoms with Crippen molar-refractivity contribution in [2.45, 2.75) is 32.2 Å². The van der Waals surface area contributed by atoms with Gasteiger partial charge in [-0.3, -0.25) is 15.0 Å². The zero-order valence-corrected chi connectivity index (χ0v) is 18.2. The van der Waals surface area contributed by atoms with E-state index in [2.05, 4.69) is 29.6 Å².